The predicted octanol–water partition coefficient (Wildman–Crippen LogP) is 6.86. The minimum atomic E-state index is -0.0919. The van der Waals surface area contributed by atoms with E-state index in [2.05, 4.69) is 90.3 Å². The van der Waals surface area contributed by atoms with Crippen molar-refractivity contribution in [3.63, 3.8) is 0 Å². The molecule has 0 unspecified atom stereocenters. The Morgan fingerprint density at radius 2 is 1.54 bits per heavy atom. The van der Waals surface area contributed by atoms with E-state index in [4.69, 9.17) is 9.47 Å². The second kappa shape index (κ2) is 14.7. The van der Waals surface area contributed by atoms with E-state index >= 15 is 0 Å². The fourth-order valence-corrected chi connectivity index (χ4v) is 5.61. The number of aromatic nitrogens is 1. The van der Waals surface area contributed by atoms with E-state index in [0.29, 0.717) is 6.42 Å². The molecular weight excluding hydrogens is 510 g/mol. The van der Waals surface area contributed by atoms with Gasteiger partial charge in [0.15, 0.2) is 0 Å². The first-order valence-electron chi connectivity index (χ1n) is 14.8. The predicted molar refractivity (Wildman–Crippen MR) is 168 cm³/mol. The highest BCUT2D eigenvalue weighted by atomic mass is 16.5. The molecule has 0 fully saturated rings. The molecule has 6 heteroatoms. The van der Waals surface area contributed by atoms with Crippen LogP contribution in [-0.2, 0) is 11.3 Å². The van der Waals surface area contributed by atoms with Crippen LogP contribution in [-0.4, -0.2) is 55.3 Å². The molecule has 2 atom stereocenters. The van der Waals surface area contributed by atoms with Gasteiger partial charge in [0.2, 0.25) is 5.91 Å². The van der Waals surface area contributed by atoms with Gasteiger partial charge in [0, 0.05) is 42.0 Å². The van der Waals surface area contributed by atoms with Crippen molar-refractivity contribution in [1.29, 1.82) is 0 Å². The normalized spacial score (nSPS) is 12.8. The van der Waals surface area contributed by atoms with Gasteiger partial charge in [-0.1, -0.05) is 56.3 Å². The summed E-state index contributed by atoms with van der Waals surface area (Å²) in [6, 6.07) is 24.9. The molecule has 3 aromatic carbocycles. The van der Waals surface area contributed by atoms with Crippen LogP contribution in [0.15, 0.2) is 79.0 Å². The van der Waals surface area contributed by atoms with Crippen molar-refractivity contribution in [2.24, 2.45) is 0 Å². The van der Waals surface area contributed by atoms with Crippen molar-refractivity contribution in [2.75, 3.05) is 33.9 Å². The van der Waals surface area contributed by atoms with Crippen molar-refractivity contribution in [3.05, 3.63) is 95.7 Å². The highest BCUT2D eigenvalue weighted by Gasteiger charge is 2.24. The zero-order valence-electron chi connectivity index (χ0n) is 25.2. The lowest BCUT2D eigenvalue weighted by Crippen LogP contribution is -2.34. The molecule has 0 radical (unpaired) electrons. The minimum Gasteiger partial charge on any atom is -0.497 e. The Balaban J connectivity index is 1.59. The number of para-hydroxylation sites is 1. The molecule has 0 spiro atoms. The fourth-order valence-electron chi connectivity index (χ4n) is 5.61. The van der Waals surface area contributed by atoms with Gasteiger partial charge in [-0.15, -0.1) is 0 Å². The fraction of sp³-hybridized carbons (Fsp3) is 0.400. The molecule has 4 aromatic rings. The maximum absolute atomic E-state index is 13.5. The number of benzene rings is 3. The average Bonchev–Trinajstić information content (AvgIpc) is 3.36. The van der Waals surface area contributed by atoms with Crippen LogP contribution in [0.4, 0.5) is 0 Å². The molecule has 0 bridgehead atoms. The molecule has 0 aliphatic heterocycles. The first-order valence-corrected chi connectivity index (χ1v) is 14.8. The third-order valence-electron chi connectivity index (χ3n) is 8.03. The lowest BCUT2D eigenvalue weighted by molar-refractivity contribution is -0.121. The SMILES string of the molecule is CCN(CC)CCC[C@@H](C)NC(=O)C[C@H](c1ccc(OC)cc1)c1cn(Cc2ccc(OC)cc2)c2ccccc12. The van der Waals surface area contributed by atoms with Crippen LogP contribution in [0.1, 0.15) is 62.6 Å². The van der Waals surface area contributed by atoms with Crippen LogP contribution in [0.5, 0.6) is 11.5 Å². The quantitative estimate of drug-likeness (QED) is 0.174. The standard InChI is InChI=1S/C35H45N3O3/c1-6-37(7-2)22-10-11-26(3)36-35(39)23-32(28-16-20-30(41-5)21-17-28)33-25-38(34-13-9-8-12-31(33)34)24-27-14-18-29(40-4)19-15-27/h8-9,12-21,25-26,32H,6-7,10-11,22-24H2,1-5H3,(H,36,39)/t26-,32-/m1/s1. The molecule has 0 aliphatic rings. The summed E-state index contributed by atoms with van der Waals surface area (Å²) in [7, 11) is 3.36. The van der Waals surface area contributed by atoms with Gasteiger partial charge in [-0.05, 0) is 86.4 Å². The third-order valence-corrected chi connectivity index (χ3v) is 8.03. The summed E-state index contributed by atoms with van der Waals surface area (Å²) in [5.41, 5.74) is 4.60. The highest BCUT2D eigenvalue weighted by molar-refractivity contribution is 5.87. The van der Waals surface area contributed by atoms with Gasteiger partial charge in [-0.3, -0.25) is 4.79 Å². The summed E-state index contributed by atoms with van der Waals surface area (Å²) in [6.07, 6.45) is 4.65. The molecule has 1 aromatic heterocycles. The topological polar surface area (TPSA) is 55.7 Å². The van der Waals surface area contributed by atoms with Crippen LogP contribution in [0.2, 0.25) is 0 Å². The number of rotatable bonds is 15. The lowest BCUT2D eigenvalue weighted by atomic mass is 9.88. The average molecular weight is 556 g/mol. The van der Waals surface area contributed by atoms with Crippen molar-refractivity contribution in [1.82, 2.24) is 14.8 Å². The Bertz CT molecular complexity index is 1370. The van der Waals surface area contributed by atoms with Crippen LogP contribution in [0.25, 0.3) is 10.9 Å². The van der Waals surface area contributed by atoms with E-state index in [1.54, 1.807) is 14.2 Å². The molecule has 218 valence electrons. The number of carbonyl (C=O) groups is 1. The van der Waals surface area contributed by atoms with Gasteiger partial charge in [0.25, 0.3) is 0 Å². The summed E-state index contributed by atoms with van der Waals surface area (Å²) in [5, 5.41) is 4.46. The van der Waals surface area contributed by atoms with Crippen LogP contribution in [0, 0.1) is 0 Å². The number of fused-ring (bicyclic) bond motifs is 1. The van der Waals surface area contributed by atoms with Crippen molar-refractivity contribution in [2.45, 2.75) is 58.5 Å². The second-order valence-electron chi connectivity index (χ2n) is 10.7. The third kappa shape index (κ3) is 7.92. The highest BCUT2D eigenvalue weighted by Crippen LogP contribution is 2.36. The zero-order valence-corrected chi connectivity index (χ0v) is 25.2. The van der Waals surface area contributed by atoms with Gasteiger partial charge in [0.05, 0.1) is 14.2 Å². The van der Waals surface area contributed by atoms with Crippen molar-refractivity contribution < 1.29 is 14.3 Å². The van der Waals surface area contributed by atoms with Gasteiger partial charge in [-0.25, -0.2) is 0 Å². The number of methoxy groups -OCH3 is 2. The van der Waals surface area contributed by atoms with Crippen LogP contribution >= 0.6 is 0 Å². The smallest absolute Gasteiger partial charge is 0.221 e. The van der Waals surface area contributed by atoms with E-state index in [0.717, 1.165) is 67.2 Å². The summed E-state index contributed by atoms with van der Waals surface area (Å²) >= 11 is 0. The second-order valence-corrected chi connectivity index (χ2v) is 10.7. The molecule has 1 amide bonds. The number of ether oxygens (including phenoxy) is 2. The molecule has 0 saturated carbocycles. The van der Waals surface area contributed by atoms with Crippen LogP contribution < -0.4 is 14.8 Å². The lowest BCUT2D eigenvalue weighted by Gasteiger charge is -2.21. The Morgan fingerprint density at radius 3 is 2.17 bits per heavy atom. The van der Waals surface area contributed by atoms with E-state index in [9.17, 15) is 4.79 Å². The zero-order chi connectivity index (χ0) is 29.2. The minimum absolute atomic E-state index is 0.0770. The molecule has 6 nitrogen and oxygen atoms in total. The van der Waals surface area contributed by atoms with E-state index in [1.165, 1.54) is 10.9 Å². The molecule has 1 heterocycles. The van der Waals surface area contributed by atoms with Crippen molar-refractivity contribution in [3.8, 4) is 11.5 Å². The van der Waals surface area contributed by atoms with Crippen molar-refractivity contribution >= 4 is 16.8 Å². The first kappa shape index (κ1) is 30.2. The number of hydrogen-bond donors (Lipinski definition) is 1. The molecule has 1 N–H and O–H groups in total. The maximum Gasteiger partial charge on any atom is 0.221 e. The van der Waals surface area contributed by atoms with Gasteiger partial charge in [-0.2, -0.15) is 0 Å². The Hall–Kier alpha value is -3.77. The Kier molecular flexibility index (Phi) is 10.9. The number of nitrogens with one attached hydrogen (secondary N) is 1. The summed E-state index contributed by atoms with van der Waals surface area (Å²) in [4.78, 5) is 15.9. The summed E-state index contributed by atoms with van der Waals surface area (Å²) < 4.78 is 13.1. The maximum atomic E-state index is 13.5. The van der Waals surface area contributed by atoms with Crippen LogP contribution in [0.3, 0.4) is 0 Å². The Labute approximate surface area is 245 Å². The summed E-state index contributed by atoms with van der Waals surface area (Å²) in [6.45, 7) is 10.4. The van der Waals surface area contributed by atoms with Gasteiger partial charge in [0.1, 0.15) is 11.5 Å². The van der Waals surface area contributed by atoms with Gasteiger partial charge < -0.3 is 24.3 Å². The largest absolute Gasteiger partial charge is 0.497 e. The Morgan fingerprint density at radius 1 is 0.902 bits per heavy atom. The monoisotopic (exact) mass is 555 g/mol. The summed E-state index contributed by atoms with van der Waals surface area (Å²) in [5.74, 6) is 1.64. The molecule has 41 heavy (non-hydrogen) atoms. The number of nitrogens with zero attached hydrogens (tertiary/aromatic N) is 2. The molecule has 0 saturated heterocycles. The number of amides is 1. The van der Waals surface area contributed by atoms with E-state index in [1.807, 2.05) is 24.3 Å². The number of hydrogen-bond acceptors (Lipinski definition) is 4. The van der Waals surface area contributed by atoms with E-state index in [-0.39, 0.29) is 17.9 Å². The molecule has 4 rings (SSSR count). The molecule has 0 aliphatic carbocycles. The van der Waals surface area contributed by atoms with E-state index < -0.39 is 0 Å². The molecular formula is C35H45N3O3. The number of carbonyl (C=O) groups excluding carboxylic acids is 1. The first-order chi connectivity index (χ1) is 19.9. The van der Waals surface area contributed by atoms with Gasteiger partial charge >= 0.3 is 0 Å².